The molecule has 116 valence electrons. The third-order valence-electron chi connectivity index (χ3n) is 4.07. The van der Waals surface area contributed by atoms with Crippen molar-refractivity contribution in [1.29, 1.82) is 0 Å². The maximum Gasteiger partial charge on any atom is 0.246 e. The van der Waals surface area contributed by atoms with Gasteiger partial charge in [0.2, 0.25) is 5.91 Å². The van der Waals surface area contributed by atoms with Crippen molar-refractivity contribution < 1.29 is 15.0 Å². The van der Waals surface area contributed by atoms with E-state index in [4.69, 9.17) is 17.3 Å². The molecule has 1 aromatic carbocycles. The van der Waals surface area contributed by atoms with Gasteiger partial charge in [-0.15, -0.1) is 0 Å². The van der Waals surface area contributed by atoms with E-state index < -0.39 is 18.1 Å². The molecule has 0 saturated carbocycles. The number of primary amides is 1. The van der Waals surface area contributed by atoms with E-state index in [0.29, 0.717) is 24.4 Å². The van der Waals surface area contributed by atoms with Gasteiger partial charge in [0.05, 0.1) is 6.10 Å². The van der Waals surface area contributed by atoms with Crippen LogP contribution in [0.5, 0.6) is 0 Å². The molecule has 2 unspecified atom stereocenters. The first-order valence-electron chi connectivity index (χ1n) is 7.11. The summed E-state index contributed by atoms with van der Waals surface area (Å²) in [5.41, 5.74) is 5.84. The summed E-state index contributed by atoms with van der Waals surface area (Å²) >= 11 is 6.07. The van der Waals surface area contributed by atoms with E-state index in [9.17, 15) is 15.0 Å². The van der Waals surface area contributed by atoms with Crippen molar-refractivity contribution in [3.05, 3.63) is 34.9 Å². The predicted molar refractivity (Wildman–Crippen MR) is 80.8 cm³/mol. The summed E-state index contributed by atoms with van der Waals surface area (Å²) in [6.45, 7) is 1.93. The molecule has 2 rings (SSSR count). The van der Waals surface area contributed by atoms with Crippen molar-refractivity contribution in [1.82, 2.24) is 4.90 Å². The third kappa shape index (κ3) is 4.17. The summed E-state index contributed by atoms with van der Waals surface area (Å²) in [5, 5.41) is 20.5. The molecule has 4 N–H and O–H groups in total. The molecule has 21 heavy (non-hydrogen) atoms. The Morgan fingerprint density at radius 1 is 1.33 bits per heavy atom. The zero-order chi connectivity index (χ0) is 15.4. The first kappa shape index (κ1) is 16.2. The van der Waals surface area contributed by atoms with Gasteiger partial charge in [-0.2, -0.15) is 0 Å². The number of hydrogen-bond donors (Lipinski definition) is 3. The van der Waals surface area contributed by atoms with Crippen LogP contribution in [0, 0.1) is 5.92 Å². The zero-order valence-corrected chi connectivity index (χ0v) is 12.5. The van der Waals surface area contributed by atoms with E-state index in [-0.39, 0.29) is 5.92 Å². The number of nitrogens with two attached hydrogens (primary N) is 1. The average molecular weight is 313 g/mol. The molecule has 1 aliphatic rings. The number of halogens is 1. The second-order valence-corrected chi connectivity index (χ2v) is 5.93. The Bertz CT molecular complexity index is 490. The minimum absolute atomic E-state index is 0.0868. The number of aliphatic hydroxyl groups is 2. The fourth-order valence-electron chi connectivity index (χ4n) is 2.77. The molecule has 0 bridgehead atoms. The van der Waals surface area contributed by atoms with Crippen LogP contribution in [0.1, 0.15) is 24.5 Å². The minimum Gasteiger partial charge on any atom is -0.387 e. The van der Waals surface area contributed by atoms with Crippen LogP contribution < -0.4 is 5.73 Å². The summed E-state index contributed by atoms with van der Waals surface area (Å²) in [6, 6.07) is 7.25. The normalized spacial score (nSPS) is 20.1. The number of amides is 1. The number of benzene rings is 1. The van der Waals surface area contributed by atoms with E-state index in [1.807, 2.05) is 18.2 Å². The predicted octanol–water partition coefficient (Wildman–Crippen LogP) is 0.932. The summed E-state index contributed by atoms with van der Waals surface area (Å²) in [6.07, 6.45) is -0.324. The highest BCUT2D eigenvalue weighted by Crippen LogP contribution is 2.26. The highest BCUT2D eigenvalue weighted by molar-refractivity contribution is 6.31. The van der Waals surface area contributed by atoms with Gasteiger partial charge in [0.25, 0.3) is 0 Å². The number of carbonyl (C=O) groups excluding carboxylic acids is 1. The fourth-order valence-corrected chi connectivity index (χ4v) is 3.03. The highest BCUT2D eigenvalue weighted by atomic mass is 35.5. The van der Waals surface area contributed by atoms with Crippen molar-refractivity contribution in [2.24, 2.45) is 11.7 Å². The lowest BCUT2D eigenvalue weighted by atomic mass is 9.90. The maximum absolute atomic E-state index is 11.0. The smallest absolute Gasteiger partial charge is 0.246 e. The molecule has 1 aromatic rings. The quantitative estimate of drug-likeness (QED) is 0.755. The largest absolute Gasteiger partial charge is 0.387 e. The Kier molecular flexibility index (Phi) is 5.58. The van der Waals surface area contributed by atoms with Gasteiger partial charge < -0.3 is 20.8 Å². The van der Waals surface area contributed by atoms with Crippen LogP contribution in [0.2, 0.25) is 5.02 Å². The third-order valence-corrected chi connectivity index (χ3v) is 4.41. The molecular weight excluding hydrogens is 292 g/mol. The van der Waals surface area contributed by atoms with E-state index in [0.717, 1.165) is 18.7 Å². The second-order valence-electron chi connectivity index (χ2n) is 5.52. The van der Waals surface area contributed by atoms with Crippen molar-refractivity contribution in [2.75, 3.05) is 19.6 Å². The number of nitrogens with zero attached hydrogens (tertiary/aromatic N) is 1. The topological polar surface area (TPSA) is 86.8 Å². The number of aliphatic hydroxyl groups excluding tert-OH is 2. The monoisotopic (exact) mass is 312 g/mol. The summed E-state index contributed by atoms with van der Waals surface area (Å²) in [7, 11) is 0. The van der Waals surface area contributed by atoms with E-state index >= 15 is 0 Å². The van der Waals surface area contributed by atoms with Gasteiger partial charge in [0.15, 0.2) is 0 Å². The lowest BCUT2D eigenvalue weighted by Crippen LogP contribution is -2.43. The SMILES string of the molecule is NC(=O)C(O)C1CCN(CC(O)c2ccccc2Cl)CC1. The number of hydrogen-bond acceptors (Lipinski definition) is 4. The van der Waals surface area contributed by atoms with Gasteiger partial charge in [-0.3, -0.25) is 4.79 Å². The molecule has 1 aliphatic heterocycles. The lowest BCUT2D eigenvalue weighted by molar-refractivity contribution is -0.129. The standard InChI is InChI=1S/C15H21ClN2O3/c16-12-4-2-1-3-11(12)13(19)9-18-7-5-10(6-8-18)14(20)15(17)21/h1-4,10,13-14,19-20H,5-9H2,(H2,17,21). The highest BCUT2D eigenvalue weighted by Gasteiger charge is 2.29. The number of carbonyl (C=O) groups is 1. The molecule has 0 aromatic heterocycles. The van der Waals surface area contributed by atoms with E-state index in [1.165, 1.54) is 0 Å². The van der Waals surface area contributed by atoms with Crippen molar-refractivity contribution in [3.8, 4) is 0 Å². The Morgan fingerprint density at radius 2 is 1.95 bits per heavy atom. The second kappa shape index (κ2) is 7.22. The minimum atomic E-state index is -1.07. The van der Waals surface area contributed by atoms with Crippen molar-refractivity contribution >= 4 is 17.5 Å². The Labute approximate surface area is 129 Å². The summed E-state index contributed by atoms with van der Waals surface area (Å²) < 4.78 is 0. The van der Waals surface area contributed by atoms with Gasteiger partial charge in [0, 0.05) is 17.1 Å². The lowest BCUT2D eigenvalue weighted by Gasteiger charge is -2.34. The van der Waals surface area contributed by atoms with Gasteiger partial charge >= 0.3 is 0 Å². The molecular formula is C15H21ClN2O3. The molecule has 5 nitrogen and oxygen atoms in total. The van der Waals surface area contributed by atoms with E-state index in [2.05, 4.69) is 4.90 Å². The maximum atomic E-state index is 11.0. The van der Waals surface area contributed by atoms with E-state index in [1.54, 1.807) is 6.07 Å². The van der Waals surface area contributed by atoms with Crippen LogP contribution in [0.4, 0.5) is 0 Å². The molecule has 6 heteroatoms. The number of likely N-dealkylation sites (tertiary alicyclic amines) is 1. The molecule has 1 fully saturated rings. The van der Waals surface area contributed by atoms with Gasteiger partial charge in [-0.25, -0.2) is 0 Å². The Hall–Kier alpha value is -1.14. The molecule has 2 atom stereocenters. The van der Waals surface area contributed by atoms with Gasteiger partial charge in [-0.1, -0.05) is 29.8 Å². The number of rotatable bonds is 5. The fraction of sp³-hybridized carbons (Fsp3) is 0.533. The zero-order valence-electron chi connectivity index (χ0n) is 11.8. The molecule has 0 radical (unpaired) electrons. The van der Waals surface area contributed by atoms with Crippen LogP contribution in [0.3, 0.4) is 0 Å². The molecule has 0 aliphatic carbocycles. The van der Waals surface area contributed by atoms with Gasteiger partial charge in [0.1, 0.15) is 6.10 Å². The first-order valence-corrected chi connectivity index (χ1v) is 7.49. The van der Waals surface area contributed by atoms with Crippen LogP contribution in [0.15, 0.2) is 24.3 Å². The molecule has 1 amide bonds. The first-order chi connectivity index (χ1) is 9.99. The number of β-amino-alcohol motifs (C(OH)–C–C–N with tert-alkyl or cyclic N) is 1. The molecule has 1 heterocycles. The summed E-state index contributed by atoms with van der Waals surface area (Å²) in [5.74, 6) is -0.749. The van der Waals surface area contributed by atoms with Crippen LogP contribution >= 0.6 is 11.6 Å². The number of piperidine rings is 1. The van der Waals surface area contributed by atoms with Crippen molar-refractivity contribution in [2.45, 2.75) is 25.0 Å². The molecule has 1 saturated heterocycles. The molecule has 0 spiro atoms. The van der Waals surface area contributed by atoms with Crippen LogP contribution in [-0.4, -0.2) is 46.8 Å². The van der Waals surface area contributed by atoms with Crippen LogP contribution in [0.25, 0.3) is 0 Å². The average Bonchev–Trinajstić information content (AvgIpc) is 2.47. The van der Waals surface area contributed by atoms with Crippen LogP contribution in [-0.2, 0) is 4.79 Å². The Morgan fingerprint density at radius 3 is 2.52 bits per heavy atom. The van der Waals surface area contributed by atoms with Crippen molar-refractivity contribution in [3.63, 3.8) is 0 Å². The van der Waals surface area contributed by atoms with Gasteiger partial charge in [-0.05, 0) is 37.9 Å². The Balaban J connectivity index is 1.86. The summed E-state index contributed by atoms with van der Waals surface area (Å²) in [4.78, 5) is 13.1.